The number of carboxylic acid groups (broad SMARTS) is 1. The Balaban J connectivity index is 1.19. The van der Waals surface area contributed by atoms with Crippen molar-refractivity contribution in [3.8, 4) is 5.75 Å². The number of nitrogens with one attached hydrogen (secondary N) is 1. The summed E-state index contributed by atoms with van der Waals surface area (Å²) in [5.41, 5.74) is 3.44. The molecule has 9 nitrogen and oxygen atoms in total. The van der Waals surface area contributed by atoms with Crippen molar-refractivity contribution in [2.24, 2.45) is 28.8 Å². The molecule has 2 fully saturated rings. The minimum absolute atomic E-state index is 0.0340. The van der Waals surface area contributed by atoms with Crippen LogP contribution in [0.3, 0.4) is 0 Å². The normalized spacial score (nSPS) is 32.4. The highest BCUT2D eigenvalue weighted by atomic mass is 32.2. The number of aromatic carboxylic acids is 1. The third-order valence-corrected chi connectivity index (χ3v) is 11.1. The molecule has 2 aromatic carbocycles. The van der Waals surface area contributed by atoms with Gasteiger partial charge in [-0.25, -0.2) is 18.4 Å². The van der Waals surface area contributed by atoms with E-state index >= 15 is 0 Å². The van der Waals surface area contributed by atoms with E-state index in [9.17, 15) is 18.3 Å². The number of carbonyl (C=O) groups is 1. The van der Waals surface area contributed by atoms with Crippen molar-refractivity contribution in [2.45, 2.75) is 63.1 Å². The molecule has 1 saturated carbocycles. The summed E-state index contributed by atoms with van der Waals surface area (Å²) in [4.78, 5) is 11.6. The van der Waals surface area contributed by atoms with Gasteiger partial charge in [0.25, 0.3) is 0 Å². The molecule has 228 valence electrons. The van der Waals surface area contributed by atoms with Crippen LogP contribution in [0.2, 0.25) is 0 Å². The van der Waals surface area contributed by atoms with Gasteiger partial charge in [0, 0.05) is 24.3 Å². The number of ether oxygens (including phenoxy) is 3. The van der Waals surface area contributed by atoms with Crippen molar-refractivity contribution in [1.29, 1.82) is 0 Å². The third kappa shape index (κ3) is 5.91. The molecule has 2 unspecified atom stereocenters. The largest absolute Gasteiger partial charge is 0.490 e. The minimum Gasteiger partial charge on any atom is -0.490 e. The number of benzene rings is 2. The SMILES string of the molecule is C[C@@H]1CO[C@@H]([C@@H]2CC[C@@H]2CC2CCc3ccccc3C23CNc2cc(C(=O)O)ccc2OC3)C[C@H]1OCCS(N)(=O)=O. The van der Waals surface area contributed by atoms with Crippen LogP contribution in [0.4, 0.5) is 5.69 Å². The van der Waals surface area contributed by atoms with Gasteiger partial charge in [0.05, 0.1) is 49.0 Å². The number of aryl methyl sites for hydroxylation is 1. The number of sulfonamides is 1. The Morgan fingerprint density at radius 3 is 2.79 bits per heavy atom. The lowest BCUT2D eigenvalue weighted by Crippen LogP contribution is -2.51. The van der Waals surface area contributed by atoms with Crippen LogP contribution in [0.15, 0.2) is 42.5 Å². The van der Waals surface area contributed by atoms with Crippen molar-refractivity contribution in [2.75, 3.05) is 37.4 Å². The monoisotopic (exact) mass is 598 g/mol. The molecule has 42 heavy (non-hydrogen) atoms. The summed E-state index contributed by atoms with van der Waals surface area (Å²) < 4.78 is 41.6. The van der Waals surface area contributed by atoms with Crippen molar-refractivity contribution >= 4 is 21.7 Å². The molecule has 6 rings (SSSR count). The zero-order chi connectivity index (χ0) is 29.5. The van der Waals surface area contributed by atoms with Gasteiger partial charge in [-0.05, 0) is 79.2 Å². The smallest absolute Gasteiger partial charge is 0.335 e. The molecule has 0 aromatic heterocycles. The summed E-state index contributed by atoms with van der Waals surface area (Å²) in [5.74, 6) is 1.15. The van der Waals surface area contributed by atoms with Crippen molar-refractivity contribution in [1.82, 2.24) is 0 Å². The Bertz CT molecular complexity index is 1420. The average Bonchev–Trinajstić information content (AvgIpc) is 3.13. The van der Waals surface area contributed by atoms with Gasteiger partial charge in [-0.2, -0.15) is 0 Å². The van der Waals surface area contributed by atoms with E-state index in [1.807, 2.05) is 0 Å². The second-order valence-electron chi connectivity index (χ2n) is 12.8. The second-order valence-corrected chi connectivity index (χ2v) is 14.5. The summed E-state index contributed by atoms with van der Waals surface area (Å²) in [6.07, 6.45) is 6.33. The summed E-state index contributed by atoms with van der Waals surface area (Å²) in [5, 5.41) is 18.3. The number of nitrogens with two attached hydrogens (primary N) is 1. The molecule has 0 amide bonds. The van der Waals surface area contributed by atoms with Crippen LogP contribution in [0.5, 0.6) is 5.75 Å². The van der Waals surface area contributed by atoms with Gasteiger partial charge in [0.1, 0.15) is 5.75 Å². The number of primary sulfonamides is 1. The summed E-state index contributed by atoms with van der Waals surface area (Å²) in [6, 6.07) is 13.7. The Kier molecular flexibility index (Phi) is 8.26. The summed E-state index contributed by atoms with van der Waals surface area (Å²) >= 11 is 0. The van der Waals surface area contributed by atoms with E-state index in [0.29, 0.717) is 43.3 Å². The first-order chi connectivity index (χ1) is 20.1. The quantitative estimate of drug-likeness (QED) is 0.411. The highest BCUT2D eigenvalue weighted by molar-refractivity contribution is 7.89. The lowest BCUT2D eigenvalue weighted by Gasteiger charge is -2.50. The van der Waals surface area contributed by atoms with Gasteiger partial charge < -0.3 is 24.6 Å². The van der Waals surface area contributed by atoms with Gasteiger partial charge in [-0.1, -0.05) is 31.2 Å². The highest BCUT2D eigenvalue weighted by Gasteiger charge is 2.50. The van der Waals surface area contributed by atoms with Crippen LogP contribution in [0.1, 0.15) is 60.5 Å². The predicted molar refractivity (Wildman–Crippen MR) is 159 cm³/mol. The number of anilines is 1. The Labute approximate surface area is 248 Å². The molecular weight excluding hydrogens is 556 g/mol. The van der Waals surface area contributed by atoms with Crippen molar-refractivity contribution in [3.05, 3.63) is 59.2 Å². The lowest BCUT2D eigenvalue weighted by molar-refractivity contribution is -0.143. The maximum Gasteiger partial charge on any atom is 0.335 e. The predicted octanol–water partition coefficient (Wildman–Crippen LogP) is 4.20. The van der Waals surface area contributed by atoms with Gasteiger partial charge in [0.15, 0.2) is 0 Å². The van der Waals surface area contributed by atoms with E-state index < -0.39 is 16.0 Å². The molecule has 1 saturated heterocycles. The Morgan fingerprint density at radius 1 is 1.19 bits per heavy atom. The fourth-order valence-electron chi connectivity index (χ4n) is 7.77. The van der Waals surface area contributed by atoms with Crippen LogP contribution < -0.4 is 15.2 Å². The zero-order valence-corrected chi connectivity index (χ0v) is 25.0. The van der Waals surface area contributed by atoms with Gasteiger partial charge in [-0.3, -0.25) is 0 Å². The molecule has 2 aromatic rings. The first kappa shape index (κ1) is 29.4. The zero-order valence-electron chi connectivity index (χ0n) is 24.2. The molecule has 2 heterocycles. The van der Waals surface area contributed by atoms with E-state index in [1.165, 1.54) is 17.5 Å². The van der Waals surface area contributed by atoms with Gasteiger partial charge in [-0.15, -0.1) is 0 Å². The number of rotatable bonds is 8. The molecule has 1 spiro atoms. The molecule has 0 bridgehead atoms. The lowest BCUT2D eigenvalue weighted by atomic mass is 9.57. The number of hydrogen-bond acceptors (Lipinski definition) is 7. The summed E-state index contributed by atoms with van der Waals surface area (Å²) in [7, 11) is -3.55. The molecule has 4 N–H and O–H groups in total. The number of carboxylic acids is 1. The van der Waals surface area contributed by atoms with Crippen LogP contribution >= 0.6 is 0 Å². The third-order valence-electron chi connectivity index (χ3n) is 10.3. The van der Waals surface area contributed by atoms with Gasteiger partial charge in [0.2, 0.25) is 10.0 Å². The van der Waals surface area contributed by atoms with Crippen LogP contribution in [-0.2, 0) is 31.3 Å². The molecule has 4 aliphatic rings. The van der Waals surface area contributed by atoms with Crippen LogP contribution in [0.25, 0.3) is 0 Å². The fourth-order valence-corrected chi connectivity index (χ4v) is 8.10. The minimum atomic E-state index is -3.55. The number of hydrogen-bond donors (Lipinski definition) is 3. The second kappa shape index (κ2) is 11.8. The van der Waals surface area contributed by atoms with E-state index in [-0.39, 0.29) is 41.5 Å². The molecule has 0 radical (unpaired) electrons. The molecule has 10 heteroatoms. The van der Waals surface area contributed by atoms with E-state index in [0.717, 1.165) is 37.8 Å². The molecular formula is C32H42N2O7S. The maximum absolute atomic E-state index is 11.6. The Morgan fingerprint density at radius 2 is 2.02 bits per heavy atom. The molecule has 2 aliphatic carbocycles. The van der Waals surface area contributed by atoms with Crippen LogP contribution in [0, 0.1) is 23.7 Å². The first-order valence-electron chi connectivity index (χ1n) is 15.2. The topological polar surface area (TPSA) is 137 Å². The van der Waals surface area contributed by atoms with Crippen molar-refractivity contribution in [3.63, 3.8) is 0 Å². The van der Waals surface area contributed by atoms with Gasteiger partial charge >= 0.3 is 5.97 Å². The maximum atomic E-state index is 11.6. The number of fused-ring (bicyclic) bond motifs is 3. The fraction of sp³-hybridized carbons (Fsp3) is 0.594. The summed E-state index contributed by atoms with van der Waals surface area (Å²) in [6.45, 7) is 4.04. The highest BCUT2D eigenvalue weighted by Crippen LogP contribution is 2.52. The average molecular weight is 599 g/mol. The molecule has 7 atom stereocenters. The van der Waals surface area contributed by atoms with E-state index in [1.54, 1.807) is 18.2 Å². The van der Waals surface area contributed by atoms with E-state index in [4.69, 9.17) is 19.3 Å². The molecule has 2 aliphatic heterocycles. The Hall–Kier alpha value is -2.66. The van der Waals surface area contributed by atoms with E-state index in [2.05, 4.69) is 36.5 Å². The van der Waals surface area contributed by atoms with Crippen molar-refractivity contribution < 1.29 is 32.5 Å². The van der Waals surface area contributed by atoms with Crippen LogP contribution in [-0.4, -0.2) is 63.8 Å². The standard InChI is InChI=1S/C32H42N2O7S/c1-20-17-40-30(16-29(20)39-12-13-42(33,37)38)25-10-7-22(25)14-24-9-6-21-4-2-3-5-26(21)32(24)18-34-27-15-23(31(35)36)8-11-28(27)41-19-32/h2-5,8,11,15,20,22,24-25,29-30,34H,6-7,9-10,12-14,16-19H2,1H3,(H,35,36)(H2,33,37,38)/t20-,22-,24?,25-,29-,30-,32?/m1/s1. The first-order valence-corrected chi connectivity index (χ1v) is 16.9.